The summed E-state index contributed by atoms with van der Waals surface area (Å²) in [5, 5.41) is 0. The first kappa shape index (κ1) is 13.2. The predicted molar refractivity (Wildman–Crippen MR) is 68.6 cm³/mol. The summed E-state index contributed by atoms with van der Waals surface area (Å²) in [6, 6.07) is 3.67. The van der Waals surface area contributed by atoms with E-state index in [1.165, 1.54) is 12.1 Å². The Morgan fingerprint density at radius 2 is 2.05 bits per heavy atom. The van der Waals surface area contributed by atoms with Gasteiger partial charge in [0.25, 0.3) is 0 Å². The van der Waals surface area contributed by atoms with E-state index in [0.29, 0.717) is 18.4 Å². The van der Waals surface area contributed by atoms with E-state index in [4.69, 9.17) is 5.73 Å². The fourth-order valence-corrected chi connectivity index (χ4v) is 2.67. The summed E-state index contributed by atoms with van der Waals surface area (Å²) in [7, 11) is 0. The van der Waals surface area contributed by atoms with Gasteiger partial charge in [0.05, 0.1) is 17.6 Å². The van der Waals surface area contributed by atoms with Crippen LogP contribution < -0.4 is 5.73 Å². The van der Waals surface area contributed by atoms with Crippen molar-refractivity contribution in [3.05, 3.63) is 47.0 Å². The number of rotatable bonds is 1. The third-order valence-corrected chi connectivity index (χ3v) is 3.63. The molecule has 1 atom stereocenters. The average molecular weight is 281 g/mol. The molecule has 3 nitrogen and oxygen atoms in total. The molecule has 1 aromatic heterocycles. The lowest BCUT2D eigenvalue weighted by Crippen LogP contribution is -2.16. The topological polar surface area (TPSA) is 43.8 Å². The summed E-state index contributed by atoms with van der Waals surface area (Å²) in [5.41, 5.74) is 8.52. The molecule has 0 spiro atoms. The second-order valence-electron chi connectivity index (χ2n) is 5.08. The van der Waals surface area contributed by atoms with Crippen molar-refractivity contribution in [2.75, 3.05) is 0 Å². The van der Waals surface area contributed by atoms with Crippen LogP contribution in [-0.2, 0) is 19.0 Å². The number of aromatic nitrogens is 2. The Bertz CT molecular complexity index is 656. The van der Waals surface area contributed by atoms with Crippen LogP contribution in [0, 0.1) is 0 Å². The largest absolute Gasteiger partial charge is 0.416 e. The molecule has 1 aliphatic rings. The molecule has 0 fully saturated rings. The van der Waals surface area contributed by atoms with Crippen molar-refractivity contribution in [1.29, 1.82) is 0 Å². The lowest BCUT2D eigenvalue weighted by Gasteiger charge is -2.21. The van der Waals surface area contributed by atoms with Gasteiger partial charge < -0.3 is 10.3 Å². The van der Waals surface area contributed by atoms with Crippen molar-refractivity contribution in [2.24, 2.45) is 5.73 Å². The summed E-state index contributed by atoms with van der Waals surface area (Å²) < 4.78 is 40.0. The number of hydrogen-bond acceptors (Lipinski definition) is 2. The van der Waals surface area contributed by atoms with Crippen molar-refractivity contribution in [3.8, 4) is 5.69 Å². The van der Waals surface area contributed by atoms with Crippen molar-refractivity contribution < 1.29 is 13.2 Å². The first-order valence-electron chi connectivity index (χ1n) is 6.40. The maximum Gasteiger partial charge on any atom is 0.416 e. The molecule has 106 valence electrons. The molecule has 1 aliphatic heterocycles. The number of alkyl halides is 3. The molecule has 1 aromatic carbocycles. The molecule has 0 bridgehead atoms. The van der Waals surface area contributed by atoms with Crippen LogP contribution in [0.1, 0.15) is 35.5 Å². The van der Waals surface area contributed by atoms with E-state index in [0.717, 1.165) is 23.1 Å². The minimum atomic E-state index is -4.30. The molecule has 0 aliphatic carbocycles. The van der Waals surface area contributed by atoms with Crippen molar-refractivity contribution in [3.63, 3.8) is 0 Å². The quantitative estimate of drug-likeness (QED) is 0.873. The summed E-state index contributed by atoms with van der Waals surface area (Å²) in [5.74, 6) is 0. The zero-order chi connectivity index (χ0) is 14.5. The van der Waals surface area contributed by atoms with Gasteiger partial charge >= 0.3 is 6.18 Å². The Kier molecular flexibility index (Phi) is 2.86. The van der Waals surface area contributed by atoms with Gasteiger partial charge in [-0.05, 0) is 43.5 Å². The van der Waals surface area contributed by atoms with E-state index in [-0.39, 0.29) is 6.04 Å². The molecule has 20 heavy (non-hydrogen) atoms. The number of imidazole rings is 1. The second kappa shape index (κ2) is 4.34. The third-order valence-electron chi connectivity index (χ3n) is 3.63. The Morgan fingerprint density at radius 3 is 2.70 bits per heavy atom. The zero-order valence-corrected chi connectivity index (χ0v) is 10.9. The van der Waals surface area contributed by atoms with Gasteiger partial charge in [0.1, 0.15) is 0 Å². The average Bonchev–Trinajstić information content (AvgIpc) is 2.81. The van der Waals surface area contributed by atoms with E-state index < -0.39 is 11.7 Å². The fourth-order valence-electron chi connectivity index (χ4n) is 2.67. The van der Waals surface area contributed by atoms with Crippen LogP contribution in [-0.4, -0.2) is 9.55 Å². The smallest absolute Gasteiger partial charge is 0.323 e. The van der Waals surface area contributed by atoms with Crippen molar-refractivity contribution in [2.45, 2.75) is 32.0 Å². The zero-order valence-electron chi connectivity index (χ0n) is 10.9. The first-order valence-corrected chi connectivity index (χ1v) is 6.40. The van der Waals surface area contributed by atoms with Crippen LogP contribution in [0.15, 0.2) is 24.5 Å². The summed E-state index contributed by atoms with van der Waals surface area (Å²) >= 11 is 0. The van der Waals surface area contributed by atoms with Crippen LogP contribution in [0.25, 0.3) is 5.69 Å². The van der Waals surface area contributed by atoms with Gasteiger partial charge in [0, 0.05) is 17.4 Å². The van der Waals surface area contributed by atoms with E-state index in [1.54, 1.807) is 6.33 Å². The number of hydrogen-bond donors (Lipinski definition) is 1. The number of halogens is 3. The van der Waals surface area contributed by atoms with E-state index >= 15 is 0 Å². The number of fused-ring (bicyclic) bond motifs is 3. The number of nitrogens with two attached hydrogens (primary N) is 1. The minimum Gasteiger partial charge on any atom is -0.323 e. The molecular weight excluding hydrogens is 267 g/mol. The lowest BCUT2D eigenvalue weighted by atomic mass is 9.97. The Balaban J connectivity index is 2.10. The highest BCUT2D eigenvalue weighted by Gasteiger charge is 2.32. The SMILES string of the molecule is C[C@H](N)c1ncn2c1CCc1cc(C(F)(F)F)ccc1-2. The molecule has 6 heteroatoms. The highest BCUT2D eigenvalue weighted by atomic mass is 19.4. The van der Waals surface area contributed by atoms with Gasteiger partial charge in [-0.2, -0.15) is 13.2 Å². The fraction of sp³-hybridized carbons (Fsp3) is 0.357. The van der Waals surface area contributed by atoms with E-state index in [2.05, 4.69) is 4.98 Å². The first-order chi connectivity index (χ1) is 9.38. The van der Waals surface area contributed by atoms with Crippen molar-refractivity contribution >= 4 is 0 Å². The van der Waals surface area contributed by atoms with Gasteiger partial charge in [-0.1, -0.05) is 0 Å². The van der Waals surface area contributed by atoms with Gasteiger partial charge in [-0.3, -0.25) is 0 Å². The Hall–Kier alpha value is -1.82. The summed E-state index contributed by atoms with van der Waals surface area (Å²) in [4.78, 5) is 4.28. The summed E-state index contributed by atoms with van der Waals surface area (Å²) in [6.45, 7) is 1.85. The molecule has 0 unspecified atom stereocenters. The van der Waals surface area contributed by atoms with E-state index in [1.807, 2.05) is 11.5 Å². The van der Waals surface area contributed by atoms with Crippen LogP contribution in [0.4, 0.5) is 13.2 Å². The maximum absolute atomic E-state index is 12.7. The third kappa shape index (κ3) is 2.00. The summed E-state index contributed by atoms with van der Waals surface area (Å²) in [6.07, 6.45) is -1.43. The second-order valence-corrected chi connectivity index (χ2v) is 5.08. The molecule has 2 N–H and O–H groups in total. The minimum absolute atomic E-state index is 0.178. The van der Waals surface area contributed by atoms with Crippen LogP contribution >= 0.6 is 0 Å². The normalized spacial score (nSPS) is 15.7. The van der Waals surface area contributed by atoms with Crippen LogP contribution in [0.2, 0.25) is 0 Å². The van der Waals surface area contributed by atoms with Crippen LogP contribution in [0.3, 0.4) is 0 Å². The van der Waals surface area contributed by atoms with Gasteiger partial charge in [-0.25, -0.2) is 4.98 Å². The standard InChI is InChI=1S/C14H14F3N3/c1-8(18)13-12-4-2-9-6-10(14(15,16)17)3-5-11(9)20(12)7-19-13/h3,5-8H,2,4,18H2,1H3/t8-/m0/s1. The Morgan fingerprint density at radius 1 is 1.30 bits per heavy atom. The molecule has 0 saturated heterocycles. The molecule has 3 rings (SSSR count). The highest BCUT2D eigenvalue weighted by molar-refractivity contribution is 5.49. The molecule has 0 radical (unpaired) electrons. The molecule has 2 aromatic rings. The number of aryl methyl sites for hydroxylation is 1. The molecule has 0 saturated carbocycles. The monoisotopic (exact) mass is 281 g/mol. The van der Waals surface area contributed by atoms with Gasteiger partial charge in [-0.15, -0.1) is 0 Å². The maximum atomic E-state index is 12.7. The number of nitrogens with zero attached hydrogens (tertiary/aromatic N) is 2. The predicted octanol–water partition coefficient (Wildman–Crippen LogP) is 3.01. The van der Waals surface area contributed by atoms with Crippen molar-refractivity contribution in [1.82, 2.24) is 9.55 Å². The number of benzene rings is 1. The molecule has 2 heterocycles. The van der Waals surface area contributed by atoms with Gasteiger partial charge in [0.2, 0.25) is 0 Å². The van der Waals surface area contributed by atoms with Gasteiger partial charge in [0.15, 0.2) is 0 Å². The lowest BCUT2D eigenvalue weighted by molar-refractivity contribution is -0.137. The Labute approximate surface area is 114 Å². The molecule has 0 amide bonds. The highest BCUT2D eigenvalue weighted by Crippen LogP contribution is 2.34. The molecular formula is C14H14F3N3. The van der Waals surface area contributed by atoms with E-state index in [9.17, 15) is 13.2 Å². The van der Waals surface area contributed by atoms with Crippen LogP contribution in [0.5, 0.6) is 0 Å².